The Balaban J connectivity index is 2.08. The summed E-state index contributed by atoms with van der Waals surface area (Å²) < 4.78 is 5.33. The molecule has 3 rings (SSSR count). The first-order valence-corrected chi connectivity index (χ1v) is 6.15. The Hall–Kier alpha value is -1.02. The normalized spacial score (nSPS) is 25.2. The van der Waals surface area contributed by atoms with Crippen molar-refractivity contribution < 1.29 is 4.74 Å². The minimum Gasteiger partial charge on any atom is -0.497 e. The number of methoxy groups -OCH3 is 1. The van der Waals surface area contributed by atoms with Gasteiger partial charge >= 0.3 is 0 Å². The summed E-state index contributed by atoms with van der Waals surface area (Å²) in [6.45, 7) is 0. The molecule has 0 amide bonds. The molecule has 1 atom stereocenters. The van der Waals surface area contributed by atoms with E-state index in [1.54, 1.807) is 12.7 Å². The molecule has 0 aliphatic heterocycles. The van der Waals surface area contributed by atoms with Crippen LogP contribution >= 0.6 is 0 Å². The van der Waals surface area contributed by atoms with Gasteiger partial charge in [-0.3, -0.25) is 0 Å². The van der Waals surface area contributed by atoms with Gasteiger partial charge in [-0.1, -0.05) is 6.07 Å². The third-order valence-corrected chi connectivity index (χ3v) is 4.32. The number of benzene rings is 1. The fraction of sp³-hybridized carbons (Fsp3) is 0.571. The van der Waals surface area contributed by atoms with Crippen LogP contribution in [-0.4, -0.2) is 14.2 Å². The maximum atomic E-state index is 5.33. The van der Waals surface area contributed by atoms with E-state index >= 15 is 0 Å². The van der Waals surface area contributed by atoms with E-state index in [2.05, 4.69) is 30.6 Å². The topological polar surface area (TPSA) is 21.3 Å². The fourth-order valence-corrected chi connectivity index (χ4v) is 3.12. The van der Waals surface area contributed by atoms with Crippen LogP contribution in [0.5, 0.6) is 5.75 Å². The van der Waals surface area contributed by atoms with Gasteiger partial charge in [0.15, 0.2) is 0 Å². The molecule has 1 fully saturated rings. The number of ether oxygens (including phenoxy) is 1. The van der Waals surface area contributed by atoms with Crippen molar-refractivity contribution in [1.82, 2.24) is 5.32 Å². The first-order chi connectivity index (χ1) is 7.79. The molecule has 2 nitrogen and oxygen atoms in total. The molecule has 2 aliphatic carbocycles. The minimum absolute atomic E-state index is 0.510. The zero-order valence-corrected chi connectivity index (χ0v) is 10.0. The van der Waals surface area contributed by atoms with Crippen molar-refractivity contribution in [3.8, 4) is 5.75 Å². The molecule has 1 saturated carbocycles. The lowest BCUT2D eigenvalue weighted by atomic mass is 9.77. The Labute approximate surface area is 97.0 Å². The molecule has 2 aliphatic rings. The Kier molecular flexibility index (Phi) is 2.21. The average molecular weight is 217 g/mol. The van der Waals surface area contributed by atoms with Crippen molar-refractivity contribution in [2.75, 3.05) is 14.2 Å². The number of rotatable bonds is 2. The molecule has 1 aromatic rings. The van der Waals surface area contributed by atoms with Crippen LogP contribution in [0.1, 0.15) is 42.9 Å². The maximum Gasteiger partial charge on any atom is 0.119 e. The molecular formula is C14H19NO. The Morgan fingerprint density at radius 3 is 2.75 bits per heavy atom. The third kappa shape index (κ3) is 1.36. The molecule has 86 valence electrons. The highest BCUT2D eigenvalue weighted by molar-refractivity contribution is 5.46. The summed E-state index contributed by atoms with van der Waals surface area (Å²) in [5.41, 5.74) is 3.57. The maximum absolute atomic E-state index is 5.33. The van der Waals surface area contributed by atoms with Gasteiger partial charge in [-0.2, -0.15) is 0 Å². The van der Waals surface area contributed by atoms with E-state index in [-0.39, 0.29) is 0 Å². The van der Waals surface area contributed by atoms with Crippen molar-refractivity contribution in [1.29, 1.82) is 0 Å². The van der Waals surface area contributed by atoms with Crippen LogP contribution in [0.4, 0.5) is 0 Å². The van der Waals surface area contributed by atoms with Gasteiger partial charge in [-0.05, 0) is 61.4 Å². The molecule has 1 unspecified atom stereocenters. The molecule has 1 aromatic carbocycles. The standard InChI is InChI=1S/C14H19NO/c1-15-13-5-6-14(7-8-14)12-4-3-10(16-2)9-11(12)13/h3-4,9,13,15H,5-8H2,1-2H3. The smallest absolute Gasteiger partial charge is 0.119 e. The van der Waals surface area contributed by atoms with Crippen molar-refractivity contribution in [2.24, 2.45) is 0 Å². The van der Waals surface area contributed by atoms with Crippen LogP contribution in [-0.2, 0) is 5.41 Å². The fourth-order valence-electron chi connectivity index (χ4n) is 3.12. The average Bonchev–Trinajstić information content (AvgIpc) is 3.10. The molecule has 1 N–H and O–H groups in total. The van der Waals surface area contributed by atoms with Crippen molar-refractivity contribution in [3.63, 3.8) is 0 Å². The zero-order valence-electron chi connectivity index (χ0n) is 10.0. The SMILES string of the molecule is CNC1CCC2(CC2)c2ccc(OC)cc21. The largest absolute Gasteiger partial charge is 0.497 e. The summed E-state index contributed by atoms with van der Waals surface area (Å²) in [7, 11) is 3.80. The van der Waals surface area contributed by atoms with E-state index in [4.69, 9.17) is 4.74 Å². The number of hydrogen-bond donors (Lipinski definition) is 1. The second-order valence-corrected chi connectivity index (χ2v) is 5.11. The molecule has 0 bridgehead atoms. The van der Waals surface area contributed by atoms with E-state index < -0.39 is 0 Å². The van der Waals surface area contributed by atoms with E-state index in [0.717, 1.165) is 5.75 Å². The van der Waals surface area contributed by atoms with Crippen molar-refractivity contribution in [2.45, 2.75) is 37.1 Å². The molecule has 2 heteroatoms. The first-order valence-electron chi connectivity index (χ1n) is 6.15. The predicted molar refractivity (Wildman–Crippen MR) is 64.9 cm³/mol. The second-order valence-electron chi connectivity index (χ2n) is 5.11. The predicted octanol–water partition coefficient (Wildman–Crippen LogP) is 2.78. The van der Waals surface area contributed by atoms with Crippen LogP contribution in [0, 0.1) is 0 Å². The molecule has 0 radical (unpaired) electrons. The summed E-state index contributed by atoms with van der Waals surface area (Å²) in [5.74, 6) is 0.983. The molecular weight excluding hydrogens is 198 g/mol. The van der Waals surface area contributed by atoms with Crippen LogP contribution in [0.3, 0.4) is 0 Å². The van der Waals surface area contributed by atoms with Crippen molar-refractivity contribution in [3.05, 3.63) is 29.3 Å². The molecule has 0 saturated heterocycles. The highest BCUT2D eigenvalue weighted by atomic mass is 16.5. The van der Waals surface area contributed by atoms with E-state index in [1.807, 2.05) is 0 Å². The summed E-state index contributed by atoms with van der Waals surface area (Å²) in [6.07, 6.45) is 5.36. The summed E-state index contributed by atoms with van der Waals surface area (Å²) in [6, 6.07) is 7.12. The number of hydrogen-bond acceptors (Lipinski definition) is 2. The van der Waals surface area contributed by atoms with Crippen molar-refractivity contribution >= 4 is 0 Å². The lowest BCUT2D eigenvalue weighted by Gasteiger charge is -2.32. The van der Waals surface area contributed by atoms with Crippen LogP contribution < -0.4 is 10.1 Å². The lowest BCUT2D eigenvalue weighted by molar-refractivity contribution is 0.404. The van der Waals surface area contributed by atoms with Gasteiger partial charge < -0.3 is 10.1 Å². The van der Waals surface area contributed by atoms with Gasteiger partial charge in [0.05, 0.1) is 7.11 Å². The molecule has 0 heterocycles. The van der Waals surface area contributed by atoms with Crippen LogP contribution in [0.15, 0.2) is 18.2 Å². The van der Waals surface area contributed by atoms with Gasteiger partial charge in [-0.25, -0.2) is 0 Å². The van der Waals surface area contributed by atoms with E-state index in [0.29, 0.717) is 11.5 Å². The van der Waals surface area contributed by atoms with Crippen LogP contribution in [0.25, 0.3) is 0 Å². The number of fused-ring (bicyclic) bond motifs is 2. The van der Waals surface area contributed by atoms with E-state index in [1.165, 1.54) is 31.2 Å². The van der Waals surface area contributed by atoms with Gasteiger partial charge in [0.25, 0.3) is 0 Å². The van der Waals surface area contributed by atoms with Gasteiger partial charge in [0, 0.05) is 6.04 Å². The lowest BCUT2D eigenvalue weighted by Crippen LogP contribution is -2.26. The quantitative estimate of drug-likeness (QED) is 0.822. The van der Waals surface area contributed by atoms with E-state index in [9.17, 15) is 0 Å². The highest BCUT2D eigenvalue weighted by Crippen LogP contribution is 2.57. The summed E-state index contributed by atoms with van der Waals surface area (Å²) in [5, 5.41) is 3.42. The van der Waals surface area contributed by atoms with Gasteiger partial charge in [-0.15, -0.1) is 0 Å². The monoisotopic (exact) mass is 217 g/mol. The van der Waals surface area contributed by atoms with Gasteiger partial charge in [0.1, 0.15) is 5.75 Å². The number of nitrogens with one attached hydrogen (secondary N) is 1. The van der Waals surface area contributed by atoms with Gasteiger partial charge in [0.2, 0.25) is 0 Å². The Morgan fingerprint density at radius 2 is 2.12 bits per heavy atom. The minimum atomic E-state index is 0.510. The molecule has 16 heavy (non-hydrogen) atoms. The van der Waals surface area contributed by atoms with Crippen LogP contribution in [0.2, 0.25) is 0 Å². The first kappa shape index (κ1) is 10.2. The zero-order chi connectivity index (χ0) is 11.2. The third-order valence-electron chi connectivity index (χ3n) is 4.32. The summed E-state index contributed by atoms with van der Waals surface area (Å²) in [4.78, 5) is 0. The Bertz CT molecular complexity index is 409. The molecule has 1 spiro atoms. The summed E-state index contributed by atoms with van der Waals surface area (Å²) >= 11 is 0. The highest BCUT2D eigenvalue weighted by Gasteiger charge is 2.48. The Morgan fingerprint density at radius 1 is 1.31 bits per heavy atom. The second kappa shape index (κ2) is 3.49. The molecule has 0 aromatic heterocycles.